The molecule has 1 heteroatoms. The van der Waals surface area contributed by atoms with Crippen LogP contribution in [0, 0.1) is 0 Å². The van der Waals surface area contributed by atoms with Gasteiger partial charge in [-0.3, -0.25) is 0 Å². The lowest BCUT2D eigenvalue weighted by atomic mass is 9.68. The van der Waals surface area contributed by atoms with E-state index >= 15 is 0 Å². The van der Waals surface area contributed by atoms with Crippen LogP contribution in [-0.4, -0.2) is 0 Å². The maximum Gasteiger partial charge on any atom is 0.0714 e. The molecule has 0 saturated heterocycles. The zero-order valence-electron chi connectivity index (χ0n) is 36.4. The quantitative estimate of drug-likeness (QED) is 0.140. The minimum Gasteiger partial charge on any atom is -0.310 e. The molecule has 0 atom stereocenters. The predicted molar refractivity (Wildman–Crippen MR) is 278 cm³/mol. The van der Waals surface area contributed by atoms with Crippen molar-refractivity contribution in [3.05, 3.63) is 295 Å². The molecule has 0 radical (unpaired) electrons. The Morgan fingerprint density at radius 2 is 0.652 bits per heavy atom. The number of rotatable bonds is 9. The molecule has 1 nitrogen and oxygen atoms in total. The number of anilines is 3. The summed E-state index contributed by atoms with van der Waals surface area (Å²) in [6, 6.07) is 100.0. The summed E-state index contributed by atoms with van der Waals surface area (Å²) in [6.07, 6.45) is 0. The molecule has 0 bridgehead atoms. The van der Waals surface area contributed by atoms with Crippen LogP contribution in [0.1, 0.15) is 22.3 Å². The van der Waals surface area contributed by atoms with E-state index in [0.717, 1.165) is 17.1 Å². The van der Waals surface area contributed by atoms with Crippen molar-refractivity contribution in [3.63, 3.8) is 0 Å². The van der Waals surface area contributed by atoms with Crippen LogP contribution in [0.15, 0.2) is 273 Å². The van der Waals surface area contributed by atoms with Gasteiger partial charge in [0.05, 0.1) is 11.1 Å². The second kappa shape index (κ2) is 16.6. The van der Waals surface area contributed by atoms with Gasteiger partial charge < -0.3 is 4.90 Å². The molecule has 11 aromatic rings. The van der Waals surface area contributed by atoms with Crippen molar-refractivity contribution in [3.8, 4) is 55.6 Å². The second-order valence-corrected chi connectivity index (χ2v) is 17.2. The minimum absolute atomic E-state index is 0.505. The highest BCUT2D eigenvalue weighted by atomic mass is 15.1. The molecular formula is C65H45N. The van der Waals surface area contributed by atoms with Gasteiger partial charge in [0.25, 0.3) is 0 Å². The Labute approximate surface area is 387 Å². The molecule has 0 saturated carbocycles. The summed E-state index contributed by atoms with van der Waals surface area (Å²) in [4.78, 5) is 2.45. The SMILES string of the molecule is c1ccc(-c2ccc(-c3ccc(N(c4ccc(-c5ccc(-c6ccc7ccccc7c6)cc5)cc4)c4cccc5c4-c4ccccc4C5(c4ccccc4)c4ccccc4)cc3)cc2)cc1. The molecular weight excluding hydrogens is 795 g/mol. The van der Waals surface area contributed by atoms with Crippen molar-refractivity contribution >= 4 is 27.8 Å². The van der Waals surface area contributed by atoms with Crippen LogP contribution >= 0.6 is 0 Å². The van der Waals surface area contributed by atoms with Gasteiger partial charge in [-0.2, -0.15) is 0 Å². The molecule has 1 aliphatic carbocycles. The lowest BCUT2D eigenvalue weighted by molar-refractivity contribution is 0.768. The Morgan fingerprint density at radius 3 is 1.20 bits per heavy atom. The first-order valence-electron chi connectivity index (χ1n) is 22.8. The van der Waals surface area contributed by atoms with E-state index in [1.807, 2.05) is 0 Å². The highest BCUT2D eigenvalue weighted by Gasteiger charge is 2.47. The molecule has 0 unspecified atom stereocenters. The third-order valence-electron chi connectivity index (χ3n) is 13.6. The first kappa shape index (κ1) is 39.1. The third kappa shape index (κ3) is 6.73. The monoisotopic (exact) mass is 839 g/mol. The van der Waals surface area contributed by atoms with Crippen LogP contribution in [0.25, 0.3) is 66.4 Å². The summed E-state index contributed by atoms with van der Waals surface area (Å²) in [7, 11) is 0. The Hall–Kier alpha value is -8.52. The number of fused-ring (bicyclic) bond motifs is 4. The van der Waals surface area contributed by atoms with Gasteiger partial charge in [0.15, 0.2) is 0 Å². The van der Waals surface area contributed by atoms with Crippen LogP contribution in [0.4, 0.5) is 17.1 Å². The third-order valence-corrected chi connectivity index (χ3v) is 13.6. The first-order valence-corrected chi connectivity index (χ1v) is 22.8. The fourth-order valence-electron chi connectivity index (χ4n) is 10.4. The standard InChI is InChI=1S/C65H45N/c1-4-15-46(16-5-1)48-27-29-49(30-28-48)51-37-41-58(42-38-51)66(59-43-39-52(40-44-59)50-31-33-53(34-32-50)55-36-35-47-17-10-11-18-54(47)45-55)63-26-14-25-62-64(63)60-23-12-13-24-61(60)65(62,56-19-6-2-7-20-56)57-21-8-3-9-22-57/h1-45H. The van der Waals surface area contributed by atoms with E-state index in [1.54, 1.807) is 0 Å². The van der Waals surface area contributed by atoms with Crippen molar-refractivity contribution in [1.29, 1.82) is 0 Å². The lowest BCUT2D eigenvalue weighted by Crippen LogP contribution is -2.28. The van der Waals surface area contributed by atoms with Gasteiger partial charge in [-0.05, 0) is 119 Å². The van der Waals surface area contributed by atoms with Gasteiger partial charge in [0.1, 0.15) is 0 Å². The second-order valence-electron chi connectivity index (χ2n) is 17.2. The Kier molecular flexibility index (Phi) is 9.81. The average molecular weight is 840 g/mol. The van der Waals surface area contributed by atoms with E-state index in [2.05, 4.69) is 278 Å². The summed E-state index contributed by atoms with van der Waals surface area (Å²) < 4.78 is 0. The highest BCUT2D eigenvalue weighted by molar-refractivity contribution is 5.98. The van der Waals surface area contributed by atoms with E-state index in [-0.39, 0.29) is 0 Å². The molecule has 0 spiro atoms. The summed E-state index contributed by atoms with van der Waals surface area (Å²) in [5.41, 5.74) is 20.0. The van der Waals surface area contributed by atoms with E-state index < -0.39 is 5.41 Å². The van der Waals surface area contributed by atoms with Crippen LogP contribution in [0.2, 0.25) is 0 Å². The highest BCUT2D eigenvalue weighted by Crippen LogP contribution is 2.59. The van der Waals surface area contributed by atoms with E-state index in [9.17, 15) is 0 Å². The van der Waals surface area contributed by atoms with Crippen LogP contribution in [0.5, 0.6) is 0 Å². The van der Waals surface area contributed by atoms with Crippen molar-refractivity contribution in [2.75, 3.05) is 4.90 Å². The largest absolute Gasteiger partial charge is 0.310 e. The molecule has 12 rings (SSSR count). The van der Waals surface area contributed by atoms with Crippen LogP contribution in [0.3, 0.4) is 0 Å². The molecule has 0 aliphatic heterocycles. The molecule has 0 amide bonds. The van der Waals surface area contributed by atoms with Gasteiger partial charge in [-0.15, -0.1) is 0 Å². The smallest absolute Gasteiger partial charge is 0.0714 e. The predicted octanol–water partition coefficient (Wildman–Crippen LogP) is 17.3. The van der Waals surface area contributed by atoms with Crippen molar-refractivity contribution < 1.29 is 0 Å². The van der Waals surface area contributed by atoms with E-state index in [1.165, 1.54) is 88.7 Å². The summed E-state index contributed by atoms with van der Waals surface area (Å²) in [6.45, 7) is 0. The Morgan fingerprint density at radius 1 is 0.258 bits per heavy atom. The first-order chi connectivity index (χ1) is 32.7. The zero-order valence-corrected chi connectivity index (χ0v) is 36.4. The number of nitrogens with zero attached hydrogens (tertiary/aromatic N) is 1. The molecule has 66 heavy (non-hydrogen) atoms. The normalized spacial score (nSPS) is 12.4. The Balaban J connectivity index is 0.978. The van der Waals surface area contributed by atoms with Gasteiger partial charge in [0, 0.05) is 16.9 Å². The molecule has 1 aliphatic rings. The van der Waals surface area contributed by atoms with Gasteiger partial charge in [-0.1, -0.05) is 237 Å². The van der Waals surface area contributed by atoms with Gasteiger partial charge in [0.2, 0.25) is 0 Å². The lowest BCUT2D eigenvalue weighted by Gasteiger charge is -2.34. The minimum atomic E-state index is -0.505. The molecule has 0 fully saturated rings. The van der Waals surface area contributed by atoms with Crippen LogP contribution in [-0.2, 0) is 5.41 Å². The maximum absolute atomic E-state index is 2.45. The number of hydrogen-bond acceptors (Lipinski definition) is 1. The molecule has 11 aromatic carbocycles. The Bertz CT molecular complexity index is 3430. The molecule has 310 valence electrons. The van der Waals surface area contributed by atoms with Gasteiger partial charge >= 0.3 is 0 Å². The van der Waals surface area contributed by atoms with E-state index in [4.69, 9.17) is 0 Å². The van der Waals surface area contributed by atoms with Crippen LogP contribution < -0.4 is 4.90 Å². The summed E-state index contributed by atoms with van der Waals surface area (Å²) in [5, 5.41) is 2.51. The van der Waals surface area contributed by atoms with Crippen molar-refractivity contribution in [2.24, 2.45) is 0 Å². The topological polar surface area (TPSA) is 3.24 Å². The average Bonchev–Trinajstić information content (AvgIpc) is 3.71. The fourth-order valence-corrected chi connectivity index (χ4v) is 10.4. The maximum atomic E-state index is 2.45. The molecule has 0 N–H and O–H groups in total. The fraction of sp³-hybridized carbons (Fsp3) is 0.0154. The molecule has 0 heterocycles. The zero-order chi connectivity index (χ0) is 43.9. The number of hydrogen-bond donors (Lipinski definition) is 0. The summed E-state index contributed by atoms with van der Waals surface area (Å²) >= 11 is 0. The molecule has 0 aromatic heterocycles. The van der Waals surface area contributed by atoms with Gasteiger partial charge in [-0.25, -0.2) is 0 Å². The number of benzene rings is 11. The van der Waals surface area contributed by atoms with E-state index in [0.29, 0.717) is 0 Å². The van der Waals surface area contributed by atoms with Crippen molar-refractivity contribution in [1.82, 2.24) is 0 Å². The van der Waals surface area contributed by atoms with Crippen molar-refractivity contribution in [2.45, 2.75) is 5.41 Å². The summed E-state index contributed by atoms with van der Waals surface area (Å²) in [5.74, 6) is 0.